The van der Waals surface area contributed by atoms with Crippen LogP contribution in [0.2, 0.25) is 0 Å². The largest absolute Gasteiger partial charge is 0.493 e. The van der Waals surface area contributed by atoms with Crippen LogP contribution in [0.3, 0.4) is 0 Å². The van der Waals surface area contributed by atoms with Crippen molar-refractivity contribution in [3.05, 3.63) is 53.2 Å². The molecule has 0 aliphatic rings. The number of aryl methyl sites for hydroxylation is 1. The number of fused-ring (bicyclic) bond motifs is 1. The third-order valence-corrected chi connectivity index (χ3v) is 4.69. The monoisotopic (exact) mass is 397 g/mol. The van der Waals surface area contributed by atoms with Crippen LogP contribution in [0.25, 0.3) is 10.9 Å². The highest BCUT2D eigenvalue weighted by Crippen LogP contribution is 2.38. The summed E-state index contributed by atoms with van der Waals surface area (Å²) in [7, 11) is 4.39. The van der Waals surface area contributed by atoms with Gasteiger partial charge >= 0.3 is 5.97 Å². The van der Waals surface area contributed by atoms with Crippen molar-refractivity contribution in [1.29, 1.82) is 0 Å². The summed E-state index contributed by atoms with van der Waals surface area (Å²) in [6.45, 7) is 3.38. The van der Waals surface area contributed by atoms with Crippen molar-refractivity contribution in [2.45, 2.75) is 20.0 Å². The number of H-pyrrole nitrogens is 1. The Labute approximate surface area is 168 Å². The fraction of sp³-hybridized carbons (Fsp3) is 0.273. The lowest BCUT2D eigenvalue weighted by Gasteiger charge is -2.16. The number of rotatable bonds is 7. The second kappa shape index (κ2) is 8.26. The number of methoxy groups -OCH3 is 3. The number of aromatic nitrogens is 1. The first-order valence-corrected chi connectivity index (χ1v) is 9.03. The highest BCUT2D eigenvalue weighted by Gasteiger charge is 2.26. The van der Waals surface area contributed by atoms with E-state index in [4.69, 9.17) is 18.9 Å². The smallest absolute Gasteiger partial charge is 0.339 e. The Morgan fingerprint density at radius 3 is 2.17 bits per heavy atom. The maximum absolute atomic E-state index is 13.0. The summed E-state index contributed by atoms with van der Waals surface area (Å²) in [4.78, 5) is 28.8. The van der Waals surface area contributed by atoms with Crippen LogP contribution in [0.15, 0.2) is 36.4 Å². The SMILES string of the molecule is COc1cc(C(=O)O[C@@H](C)C(=O)c2c(C)[nH]c3ccccc23)cc(OC)c1OC. The zero-order chi connectivity index (χ0) is 21.1. The van der Waals surface area contributed by atoms with Gasteiger partial charge in [-0.25, -0.2) is 4.79 Å². The van der Waals surface area contributed by atoms with Gasteiger partial charge in [-0.1, -0.05) is 18.2 Å². The lowest BCUT2D eigenvalue weighted by molar-refractivity contribution is 0.0318. The highest BCUT2D eigenvalue weighted by atomic mass is 16.5. The lowest BCUT2D eigenvalue weighted by Crippen LogP contribution is -2.25. The second-order valence-corrected chi connectivity index (χ2v) is 6.50. The van der Waals surface area contributed by atoms with Crippen molar-refractivity contribution in [2.24, 2.45) is 0 Å². The number of para-hydroxylation sites is 1. The Kier molecular flexibility index (Phi) is 5.77. The van der Waals surface area contributed by atoms with Gasteiger partial charge in [0.25, 0.3) is 0 Å². The minimum Gasteiger partial charge on any atom is -0.493 e. The Hall–Kier alpha value is -3.48. The Bertz CT molecular complexity index is 1040. The fourth-order valence-electron chi connectivity index (χ4n) is 3.28. The van der Waals surface area contributed by atoms with E-state index in [1.807, 2.05) is 31.2 Å². The topological polar surface area (TPSA) is 86.9 Å². The number of hydrogen-bond donors (Lipinski definition) is 1. The number of Topliss-reactive ketones (excluding diaryl/α,β-unsaturated/α-hetero) is 1. The van der Waals surface area contributed by atoms with Crippen molar-refractivity contribution >= 4 is 22.7 Å². The molecule has 152 valence electrons. The van der Waals surface area contributed by atoms with Crippen molar-refractivity contribution in [1.82, 2.24) is 4.98 Å². The summed E-state index contributed by atoms with van der Waals surface area (Å²) in [6.07, 6.45) is -0.973. The van der Waals surface area contributed by atoms with E-state index in [1.165, 1.54) is 33.5 Å². The molecule has 0 saturated carbocycles. The first-order chi connectivity index (χ1) is 13.9. The predicted molar refractivity (Wildman–Crippen MR) is 108 cm³/mol. The molecule has 0 amide bonds. The van der Waals surface area contributed by atoms with Crippen LogP contribution in [-0.4, -0.2) is 44.2 Å². The molecule has 0 fully saturated rings. The van der Waals surface area contributed by atoms with Crippen molar-refractivity contribution < 1.29 is 28.5 Å². The van der Waals surface area contributed by atoms with Crippen LogP contribution in [0.5, 0.6) is 17.2 Å². The van der Waals surface area contributed by atoms with Gasteiger partial charge < -0.3 is 23.9 Å². The molecule has 2 aromatic carbocycles. The first kappa shape index (κ1) is 20.3. The summed E-state index contributed by atoms with van der Waals surface area (Å²) in [5, 5.41) is 0.797. The maximum Gasteiger partial charge on any atom is 0.339 e. The second-order valence-electron chi connectivity index (χ2n) is 6.50. The van der Waals surface area contributed by atoms with Gasteiger partial charge in [-0.05, 0) is 32.0 Å². The molecule has 0 aliphatic carbocycles. The zero-order valence-corrected chi connectivity index (χ0v) is 17.0. The van der Waals surface area contributed by atoms with Gasteiger partial charge in [-0.15, -0.1) is 0 Å². The third-order valence-electron chi connectivity index (χ3n) is 4.69. The highest BCUT2D eigenvalue weighted by molar-refractivity contribution is 6.11. The van der Waals surface area contributed by atoms with Crippen LogP contribution in [-0.2, 0) is 4.74 Å². The van der Waals surface area contributed by atoms with E-state index in [0.717, 1.165) is 16.6 Å². The lowest BCUT2D eigenvalue weighted by atomic mass is 10.0. The van der Waals surface area contributed by atoms with Gasteiger partial charge in [0.2, 0.25) is 11.5 Å². The minimum absolute atomic E-state index is 0.190. The Balaban J connectivity index is 1.87. The molecule has 3 aromatic rings. The molecule has 0 bridgehead atoms. The minimum atomic E-state index is -0.973. The van der Waals surface area contributed by atoms with Crippen LogP contribution in [0.1, 0.15) is 33.3 Å². The molecule has 1 atom stereocenters. The maximum atomic E-state index is 13.0. The number of benzene rings is 2. The third kappa shape index (κ3) is 3.76. The predicted octanol–water partition coefficient (Wildman–Crippen LogP) is 3.93. The molecule has 0 radical (unpaired) electrons. The van der Waals surface area contributed by atoms with E-state index in [0.29, 0.717) is 22.8 Å². The fourth-order valence-corrected chi connectivity index (χ4v) is 3.28. The zero-order valence-electron chi connectivity index (χ0n) is 17.0. The number of nitrogens with one attached hydrogen (secondary N) is 1. The Morgan fingerprint density at radius 1 is 0.966 bits per heavy atom. The summed E-state index contributed by atoms with van der Waals surface area (Å²) in [5.74, 6) is 0.0731. The van der Waals surface area contributed by atoms with E-state index >= 15 is 0 Å². The van der Waals surface area contributed by atoms with E-state index in [-0.39, 0.29) is 11.3 Å². The van der Waals surface area contributed by atoms with Crippen molar-refractivity contribution in [3.8, 4) is 17.2 Å². The Morgan fingerprint density at radius 2 is 1.59 bits per heavy atom. The molecule has 0 unspecified atom stereocenters. The van der Waals surface area contributed by atoms with Gasteiger partial charge in [0.05, 0.1) is 26.9 Å². The average Bonchev–Trinajstić information content (AvgIpc) is 3.07. The number of carbonyl (C=O) groups excluding carboxylic acids is 2. The number of carbonyl (C=O) groups is 2. The van der Waals surface area contributed by atoms with Gasteiger partial charge in [0.15, 0.2) is 17.6 Å². The molecule has 1 heterocycles. The van der Waals surface area contributed by atoms with Crippen LogP contribution >= 0.6 is 0 Å². The van der Waals surface area contributed by atoms with E-state index in [1.54, 1.807) is 6.92 Å². The number of ether oxygens (including phenoxy) is 4. The molecule has 7 nitrogen and oxygen atoms in total. The molecular weight excluding hydrogens is 374 g/mol. The summed E-state index contributed by atoms with van der Waals surface area (Å²) >= 11 is 0. The molecule has 1 N–H and O–H groups in total. The summed E-state index contributed by atoms with van der Waals surface area (Å²) < 4.78 is 21.2. The quantitative estimate of drug-likeness (QED) is 0.480. The molecule has 0 aliphatic heterocycles. The summed E-state index contributed by atoms with van der Waals surface area (Å²) in [6, 6.07) is 10.5. The van der Waals surface area contributed by atoms with Gasteiger partial charge in [-0.2, -0.15) is 0 Å². The van der Waals surface area contributed by atoms with Crippen LogP contribution in [0.4, 0.5) is 0 Å². The number of ketones is 1. The molecule has 7 heteroatoms. The van der Waals surface area contributed by atoms with Crippen LogP contribution in [0, 0.1) is 6.92 Å². The molecular formula is C22H23NO6. The van der Waals surface area contributed by atoms with E-state index < -0.39 is 12.1 Å². The summed E-state index contributed by atoms with van der Waals surface area (Å²) in [5.41, 5.74) is 2.30. The van der Waals surface area contributed by atoms with E-state index in [2.05, 4.69) is 4.98 Å². The molecule has 1 aromatic heterocycles. The number of esters is 1. The molecule has 0 spiro atoms. The normalized spacial score (nSPS) is 11.8. The average molecular weight is 397 g/mol. The van der Waals surface area contributed by atoms with Crippen molar-refractivity contribution in [2.75, 3.05) is 21.3 Å². The number of hydrogen-bond acceptors (Lipinski definition) is 6. The number of aromatic amines is 1. The van der Waals surface area contributed by atoms with Crippen LogP contribution < -0.4 is 14.2 Å². The first-order valence-electron chi connectivity index (χ1n) is 9.03. The molecule has 3 rings (SSSR count). The van der Waals surface area contributed by atoms with Gasteiger partial charge in [-0.3, -0.25) is 4.79 Å². The van der Waals surface area contributed by atoms with E-state index in [9.17, 15) is 9.59 Å². The standard InChI is InChI=1S/C22H23NO6/c1-12-19(15-8-6-7-9-16(15)23-12)20(24)13(2)29-22(25)14-10-17(26-3)21(28-5)18(11-14)27-4/h6-11,13,23H,1-5H3/t13-/m0/s1. The molecule has 29 heavy (non-hydrogen) atoms. The van der Waals surface area contributed by atoms with Crippen molar-refractivity contribution in [3.63, 3.8) is 0 Å². The van der Waals surface area contributed by atoms with Gasteiger partial charge in [0.1, 0.15) is 0 Å². The van der Waals surface area contributed by atoms with Gasteiger partial charge in [0, 0.05) is 22.2 Å². The molecule has 0 saturated heterocycles.